The highest BCUT2D eigenvalue weighted by Gasteiger charge is 2.58. The fraction of sp³-hybridized carbons (Fsp3) is 0.671. The van der Waals surface area contributed by atoms with E-state index in [9.17, 15) is 28.4 Å². The number of allylic oxidation sites excluding steroid dienone is 10. The van der Waals surface area contributed by atoms with Crippen molar-refractivity contribution in [3.63, 3.8) is 0 Å². The van der Waals surface area contributed by atoms with E-state index in [0.29, 0.717) is 74.0 Å². The molecule has 12 heteroatoms. The number of benzene rings is 2. The van der Waals surface area contributed by atoms with Gasteiger partial charge in [0.25, 0.3) is 0 Å². The summed E-state index contributed by atoms with van der Waals surface area (Å²) in [6.45, 7) is 19.6. The SMILES string of the molecule is C.C1CCOC1.C=C1/C(=C\CP(=O)(c2ccccc2)c2ccccc2)CC(O[Si](C)(C)C(C)(C)C)C[C@@H]1F.[2H]C([2H])([2H])C(CCCC1(C2=CCC3C(=O)CCC[C@]23C)CC1)(O[Si](C)(C)C)C([2H])([2H])[2H].[2H]C([2H])([2H])C(O)(CCCC1(C2=CCC3/C(=C/C=C4/CC(O)C[C@H](F)C4=C)CCC[C@]23C)CC1)C([2H])([2H])[2H]. The Hall–Kier alpha value is -3.39. The normalized spacial score (nSPS) is 32.0. The highest BCUT2D eigenvalue weighted by molar-refractivity contribution is 7.78. The predicted molar refractivity (Wildman–Crippen MR) is 397 cm³/mol. The first kappa shape index (κ1) is 61.7. The topological polar surface area (TPSA) is 102 Å². The average molecular weight is 1360 g/mol. The number of carbonyl (C=O) groups excluding carboxylic acids is 1. The number of ketones is 1. The molecule has 524 valence electrons. The van der Waals surface area contributed by atoms with Gasteiger partial charge in [-0.05, 0) is 250 Å². The number of Topliss-reactive ketones (excluding diaryl/α,β-unsaturated/α-hetero) is 1. The van der Waals surface area contributed by atoms with Crippen LogP contribution in [-0.4, -0.2) is 87.8 Å². The molecule has 0 radical (unpaired) electrons. The van der Waals surface area contributed by atoms with Gasteiger partial charge in [-0.2, -0.15) is 0 Å². The van der Waals surface area contributed by atoms with Crippen molar-refractivity contribution in [1.29, 1.82) is 0 Å². The molecule has 8 atom stereocenters. The molecule has 94 heavy (non-hydrogen) atoms. The molecule has 4 unspecified atom stereocenters. The molecule has 9 aliphatic rings. The second-order valence-corrected chi connectivity index (χ2v) is 44.1. The van der Waals surface area contributed by atoms with Crippen LogP contribution in [0.2, 0.25) is 37.8 Å². The summed E-state index contributed by atoms with van der Waals surface area (Å²) < 4.78 is 155. The van der Waals surface area contributed by atoms with E-state index in [1.165, 1.54) is 29.6 Å². The van der Waals surface area contributed by atoms with Gasteiger partial charge in [-0.25, -0.2) is 8.78 Å². The molecule has 2 aromatic rings. The third-order valence-corrected chi connectivity index (χ3v) is 31.1. The van der Waals surface area contributed by atoms with Crippen molar-refractivity contribution < 1.29 is 58.4 Å². The van der Waals surface area contributed by atoms with Gasteiger partial charge in [0.05, 0.1) is 23.4 Å². The van der Waals surface area contributed by atoms with Crippen LogP contribution >= 0.6 is 7.14 Å². The number of alkyl halides is 2. The molecule has 7 fully saturated rings. The summed E-state index contributed by atoms with van der Waals surface area (Å²) in [5.41, 5.74) is 1.79. The Morgan fingerprint density at radius 3 is 1.74 bits per heavy atom. The van der Waals surface area contributed by atoms with Crippen LogP contribution in [0.4, 0.5) is 8.78 Å². The van der Waals surface area contributed by atoms with Crippen LogP contribution in [0.15, 0.2) is 143 Å². The summed E-state index contributed by atoms with van der Waals surface area (Å²) in [4.78, 5) is 12.5. The zero-order valence-electron chi connectivity index (χ0n) is 70.3. The maximum Gasteiger partial charge on any atom is 0.192 e. The Bertz CT molecular complexity index is 3500. The minimum atomic E-state index is -2.97. The Kier molecular flexibility index (Phi) is 20.6. The second kappa shape index (κ2) is 31.4. The first-order valence-electron chi connectivity index (χ1n) is 41.2. The zero-order valence-corrected chi connectivity index (χ0v) is 61.2. The Balaban J connectivity index is 0.000000214. The van der Waals surface area contributed by atoms with E-state index in [0.717, 1.165) is 112 Å². The lowest BCUT2D eigenvalue weighted by molar-refractivity contribution is -0.128. The van der Waals surface area contributed by atoms with Gasteiger partial charge in [-0.15, -0.1) is 0 Å². The van der Waals surface area contributed by atoms with Crippen LogP contribution in [0, 0.1) is 33.5 Å². The molecule has 1 aliphatic heterocycles. The van der Waals surface area contributed by atoms with Crippen LogP contribution in [-0.2, 0) is 22.9 Å². The first-order valence-corrected chi connectivity index (χ1v) is 43.4. The van der Waals surface area contributed by atoms with E-state index < -0.39 is 80.8 Å². The minimum Gasteiger partial charge on any atom is -0.413 e. The van der Waals surface area contributed by atoms with E-state index in [2.05, 4.69) is 79.1 Å². The average Bonchev–Trinajstić information content (AvgIpc) is 1.58. The lowest BCUT2D eigenvalue weighted by Crippen LogP contribution is -2.45. The molecule has 7 nitrogen and oxygen atoms in total. The Labute approximate surface area is 589 Å². The molecular weight excluding hydrogens is 1220 g/mol. The van der Waals surface area contributed by atoms with Gasteiger partial charge in [0.2, 0.25) is 0 Å². The summed E-state index contributed by atoms with van der Waals surface area (Å²) in [5.74, 6) is 0.811. The van der Waals surface area contributed by atoms with Gasteiger partial charge in [0.1, 0.15) is 25.3 Å². The van der Waals surface area contributed by atoms with Crippen molar-refractivity contribution in [1.82, 2.24) is 0 Å². The summed E-state index contributed by atoms with van der Waals surface area (Å²) in [5, 5.41) is 22.4. The van der Waals surface area contributed by atoms with Gasteiger partial charge in [-0.1, -0.05) is 163 Å². The highest BCUT2D eigenvalue weighted by Crippen LogP contribution is 2.69. The molecule has 6 saturated carbocycles. The molecule has 0 amide bonds. The van der Waals surface area contributed by atoms with E-state index in [1.54, 1.807) is 0 Å². The fourth-order valence-corrected chi connectivity index (χ4v) is 21.4. The maximum atomic E-state index is 14.9. The molecule has 1 saturated heterocycles. The zero-order chi connectivity index (χ0) is 78.1. The van der Waals surface area contributed by atoms with Crippen molar-refractivity contribution in [3.05, 3.63) is 143 Å². The molecule has 2 aromatic carbocycles. The van der Waals surface area contributed by atoms with Crippen LogP contribution in [0.3, 0.4) is 0 Å². The molecule has 11 rings (SSSR count). The summed E-state index contributed by atoms with van der Waals surface area (Å²) in [7, 11) is -7.34. The van der Waals surface area contributed by atoms with Crippen molar-refractivity contribution in [2.24, 2.45) is 33.5 Å². The standard InChI is InChI=1S/C28H41FO2.C27H36FO2PSi.C22H38O2Si.C4H8O.CH4/c1-19-21(17-22(30)18-24(19)29)9-8-20-7-5-13-27(4)23(20)10-11-25(27)28(15-16-28)14-6-12-26(2,3)31;1-21-22(19-23(20-26(21)28)30-32(5,6)27(2,3)4)17-18-31(29,24-13-9-7-10-14-24)25-15-11-8-12-16-25;1-20(2,24-25(4,5)6)12-8-14-22(15-16-22)19-11-10-17-18(23)9-7-13-21(17,19)3;1-2-4-5-3-1;/h8-9,11,22-24,30-31H,1,5-7,10,12-18H2,2-4H3;7-17,23,26H,1,18-20H2,2-6H3;11,17H,7-10,12-16H2,1-6H3;1-4H2;1H4/b20-8+,21-9-;22-17-;;;/t22?,23?,24-,27-;23?,26-;17?,21-;;/m000../s1/i2D3,3D3;;1D3,2D3;;. The number of ether oxygens (including phenoxy) is 1. The smallest absolute Gasteiger partial charge is 0.192 e. The van der Waals surface area contributed by atoms with E-state index in [1.807, 2.05) is 92.5 Å². The maximum absolute atomic E-state index is 14.9. The van der Waals surface area contributed by atoms with Gasteiger partial charge in [0, 0.05) is 71.6 Å². The molecule has 1 heterocycles. The number of hydrogen-bond acceptors (Lipinski definition) is 7. The number of aliphatic hydroxyl groups is 2. The minimum absolute atomic E-state index is 0. The lowest BCUT2D eigenvalue weighted by atomic mass is 9.61. The van der Waals surface area contributed by atoms with Crippen LogP contribution < -0.4 is 10.6 Å². The fourth-order valence-electron chi connectivity index (χ4n) is 16.3. The number of fused-ring (bicyclic) bond motifs is 2. The monoisotopic (exact) mass is 1360 g/mol. The van der Waals surface area contributed by atoms with Gasteiger partial charge >= 0.3 is 0 Å². The second-order valence-electron chi connectivity index (χ2n) is 32.1. The van der Waals surface area contributed by atoms with Crippen LogP contribution in [0.5, 0.6) is 0 Å². The highest BCUT2D eigenvalue weighted by atomic mass is 31.2. The molecule has 0 spiro atoms. The van der Waals surface area contributed by atoms with Gasteiger partial charge in [0.15, 0.2) is 16.6 Å². The van der Waals surface area contributed by atoms with Crippen molar-refractivity contribution in [2.75, 3.05) is 19.4 Å². The third kappa shape index (κ3) is 19.5. The lowest BCUT2D eigenvalue weighted by Gasteiger charge is -2.43. The van der Waals surface area contributed by atoms with Gasteiger partial charge in [-0.3, -0.25) is 4.79 Å². The number of carbonyl (C=O) groups is 1. The molecule has 8 aliphatic carbocycles. The molecule has 0 bridgehead atoms. The number of aliphatic hydroxyl groups excluding tert-OH is 1. The molecule has 2 N–H and O–H groups in total. The quantitative estimate of drug-likeness (QED) is 0.0821. The number of halogens is 2. The van der Waals surface area contributed by atoms with E-state index >= 15 is 0 Å². The number of rotatable bonds is 19. The number of hydrogen-bond donors (Lipinski definition) is 2. The van der Waals surface area contributed by atoms with Gasteiger partial charge < -0.3 is 28.4 Å². The van der Waals surface area contributed by atoms with Crippen LogP contribution in [0.1, 0.15) is 240 Å². The van der Waals surface area contributed by atoms with E-state index in [4.69, 9.17) is 30.0 Å². The van der Waals surface area contributed by atoms with E-state index in [-0.39, 0.29) is 65.4 Å². The Morgan fingerprint density at radius 2 is 1.23 bits per heavy atom. The van der Waals surface area contributed by atoms with Crippen molar-refractivity contribution in [3.8, 4) is 0 Å². The molecular formula is C82H127F2O7PSi2. The third-order valence-electron chi connectivity index (χ3n) is 22.7. The van der Waals surface area contributed by atoms with Crippen molar-refractivity contribution >= 4 is 40.2 Å². The molecule has 0 aromatic heterocycles. The van der Waals surface area contributed by atoms with Crippen LogP contribution in [0.25, 0.3) is 0 Å². The predicted octanol–water partition coefficient (Wildman–Crippen LogP) is 21.5. The Morgan fingerprint density at radius 1 is 0.713 bits per heavy atom. The summed E-state index contributed by atoms with van der Waals surface area (Å²) >= 11 is 0. The summed E-state index contributed by atoms with van der Waals surface area (Å²) in [6, 6.07) is 19.2. The van der Waals surface area contributed by atoms with Crippen molar-refractivity contribution in [2.45, 2.75) is 297 Å². The first-order chi connectivity index (χ1) is 48.5. The summed E-state index contributed by atoms with van der Waals surface area (Å²) in [6.07, 6.45) is 25.4. The largest absolute Gasteiger partial charge is 0.413 e.